The fourth-order valence-electron chi connectivity index (χ4n) is 2.92. The van der Waals surface area contributed by atoms with Gasteiger partial charge in [0.1, 0.15) is 11.9 Å². The molecule has 3 N–H and O–H groups in total. The van der Waals surface area contributed by atoms with Crippen molar-refractivity contribution in [2.24, 2.45) is 17.7 Å². The van der Waals surface area contributed by atoms with Crippen molar-refractivity contribution in [1.82, 2.24) is 5.01 Å². The lowest BCUT2D eigenvalue weighted by molar-refractivity contribution is 0.0338. The van der Waals surface area contributed by atoms with Gasteiger partial charge in [-0.05, 0) is 38.5 Å². The lowest BCUT2D eigenvalue weighted by Gasteiger charge is -2.36. The summed E-state index contributed by atoms with van der Waals surface area (Å²) < 4.78 is 11.1. The molecule has 2 rings (SSSR count). The number of allylic oxidation sites excluding steroid dienone is 2. The van der Waals surface area contributed by atoms with E-state index in [9.17, 15) is 9.90 Å². The van der Waals surface area contributed by atoms with Gasteiger partial charge < -0.3 is 19.6 Å². The number of carbonyl (C=O) groups is 1. The van der Waals surface area contributed by atoms with E-state index in [-0.39, 0.29) is 34.9 Å². The Hall–Kier alpha value is -2.75. The number of hydrazine groups is 1. The fraction of sp³-hybridized carbons (Fsp3) is 0.381. The summed E-state index contributed by atoms with van der Waals surface area (Å²) in [6.45, 7) is 8.90. The number of hydrogen-bond acceptors (Lipinski definition) is 6. The summed E-state index contributed by atoms with van der Waals surface area (Å²) in [6.07, 6.45) is 7.55. The smallest absolute Gasteiger partial charge is 0.157 e. The molecule has 6 nitrogen and oxygen atoms in total. The minimum Gasteiger partial charge on any atom is -0.507 e. The monoisotopic (exact) mass is 370 g/mol. The van der Waals surface area contributed by atoms with Gasteiger partial charge in [-0.2, -0.15) is 0 Å². The molecule has 1 saturated heterocycles. The summed E-state index contributed by atoms with van der Waals surface area (Å²) >= 11 is 0. The Bertz CT molecular complexity index is 761. The highest BCUT2D eigenvalue weighted by molar-refractivity contribution is 5.83. The SMILES string of the molecule is C=C/C=C(/[C@H]1COCC[C@@H]1C#COc1cccc(O)c1C=O)N(N)C(C)C. The Morgan fingerprint density at radius 3 is 2.96 bits per heavy atom. The molecule has 1 aliphatic rings. The van der Waals surface area contributed by atoms with Crippen LogP contribution in [0.1, 0.15) is 30.6 Å². The third-order valence-electron chi connectivity index (χ3n) is 4.45. The zero-order valence-electron chi connectivity index (χ0n) is 15.7. The number of phenolic OH excluding ortho intramolecular Hbond substituents is 1. The van der Waals surface area contributed by atoms with Gasteiger partial charge >= 0.3 is 0 Å². The van der Waals surface area contributed by atoms with Gasteiger partial charge in [-0.25, -0.2) is 5.84 Å². The van der Waals surface area contributed by atoms with Crippen molar-refractivity contribution in [3.05, 3.63) is 48.2 Å². The average Bonchev–Trinajstić information content (AvgIpc) is 2.66. The Morgan fingerprint density at radius 2 is 2.30 bits per heavy atom. The minimum absolute atomic E-state index is 0.0185. The number of benzene rings is 1. The van der Waals surface area contributed by atoms with Crippen molar-refractivity contribution >= 4 is 6.29 Å². The van der Waals surface area contributed by atoms with Gasteiger partial charge in [0, 0.05) is 30.2 Å². The maximum Gasteiger partial charge on any atom is 0.157 e. The van der Waals surface area contributed by atoms with Crippen LogP contribution in [0.5, 0.6) is 11.5 Å². The van der Waals surface area contributed by atoms with Gasteiger partial charge in [-0.1, -0.05) is 24.6 Å². The molecular weight excluding hydrogens is 344 g/mol. The van der Waals surface area contributed by atoms with E-state index in [1.807, 2.05) is 19.9 Å². The van der Waals surface area contributed by atoms with Gasteiger partial charge in [-0.15, -0.1) is 0 Å². The first-order valence-electron chi connectivity index (χ1n) is 8.88. The van der Waals surface area contributed by atoms with E-state index in [1.54, 1.807) is 23.2 Å². The zero-order valence-corrected chi connectivity index (χ0v) is 15.7. The van der Waals surface area contributed by atoms with Crippen LogP contribution in [0.2, 0.25) is 0 Å². The van der Waals surface area contributed by atoms with Gasteiger partial charge in [0.25, 0.3) is 0 Å². The molecule has 0 aromatic heterocycles. The molecule has 0 radical (unpaired) electrons. The summed E-state index contributed by atoms with van der Waals surface area (Å²) in [5, 5.41) is 11.4. The molecule has 1 aromatic rings. The normalized spacial score (nSPS) is 19.8. The number of phenols is 1. The molecule has 1 heterocycles. The molecule has 0 unspecified atom stereocenters. The number of rotatable bonds is 6. The molecule has 6 heteroatoms. The van der Waals surface area contributed by atoms with E-state index in [0.717, 1.165) is 12.1 Å². The molecule has 1 fully saturated rings. The van der Waals surface area contributed by atoms with Gasteiger partial charge in [0.05, 0.1) is 12.2 Å². The molecule has 0 saturated carbocycles. The van der Waals surface area contributed by atoms with E-state index in [1.165, 1.54) is 6.07 Å². The summed E-state index contributed by atoms with van der Waals surface area (Å²) in [4.78, 5) is 11.1. The molecule has 0 spiro atoms. The third kappa shape index (κ3) is 5.13. The van der Waals surface area contributed by atoms with Crippen molar-refractivity contribution in [3.63, 3.8) is 0 Å². The minimum atomic E-state index is -0.139. The van der Waals surface area contributed by atoms with E-state index >= 15 is 0 Å². The third-order valence-corrected chi connectivity index (χ3v) is 4.45. The van der Waals surface area contributed by atoms with Crippen molar-refractivity contribution in [2.75, 3.05) is 13.2 Å². The topological polar surface area (TPSA) is 85.0 Å². The van der Waals surface area contributed by atoms with Crippen molar-refractivity contribution in [2.45, 2.75) is 26.3 Å². The molecular formula is C21H26N2O4. The number of aromatic hydroxyl groups is 1. The zero-order chi connectivity index (χ0) is 19.8. The van der Waals surface area contributed by atoms with Crippen molar-refractivity contribution in [3.8, 4) is 23.5 Å². The highest BCUT2D eigenvalue weighted by Gasteiger charge is 2.30. The van der Waals surface area contributed by atoms with Crippen LogP contribution in [0.4, 0.5) is 0 Å². The number of ether oxygens (including phenoxy) is 2. The molecule has 0 aliphatic carbocycles. The van der Waals surface area contributed by atoms with Crippen LogP contribution in [0, 0.1) is 23.9 Å². The van der Waals surface area contributed by atoms with Gasteiger partial charge in [0.2, 0.25) is 0 Å². The second kappa shape index (κ2) is 9.81. The van der Waals surface area contributed by atoms with E-state index in [0.29, 0.717) is 19.5 Å². The predicted molar refractivity (Wildman–Crippen MR) is 104 cm³/mol. The first-order chi connectivity index (χ1) is 13.0. The van der Waals surface area contributed by atoms with Gasteiger partial charge in [-0.3, -0.25) is 4.79 Å². The number of aldehydes is 1. The van der Waals surface area contributed by atoms with Crippen LogP contribution in [-0.2, 0) is 4.74 Å². The van der Waals surface area contributed by atoms with Crippen LogP contribution < -0.4 is 10.6 Å². The van der Waals surface area contributed by atoms with Crippen LogP contribution in [0.25, 0.3) is 0 Å². The second-order valence-electron chi connectivity index (χ2n) is 6.56. The van der Waals surface area contributed by atoms with Gasteiger partial charge in [0.15, 0.2) is 12.0 Å². The molecule has 0 bridgehead atoms. The Kier molecular flexibility index (Phi) is 7.47. The Balaban J connectivity index is 2.23. The molecule has 1 aromatic carbocycles. The summed E-state index contributed by atoms with van der Waals surface area (Å²) in [6, 6.07) is 4.72. The van der Waals surface area contributed by atoms with Crippen LogP contribution in [-0.4, -0.2) is 35.7 Å². The first-order valence-corrected chi connectivity index (χ1v) is 8.88. The highest BCUT2D eigenvalue weighted by atomic mass is 16.5. The summed E-state index contributed by atoms with van der Waals surface area (Å²) in [7, 11) is 0. The van der Waals surface area contributed by atoms with Crippen molar-refractivity contribution in [1.29, 1.82) is 0 Å². The van der Waals surface area contributed by atoms with Crippen LogP contribution >= 0.6 is 0 Å². The Morgan fingerprint density at radius 1 is 1.52 bits per heavy atom. The van der Waals surface area contributed by atoms with E-state index in [4.69, 9.17) is 15.3 Å². The fourth-order valence-corrected chi connectivity index (χ4v) is 2.92. The van der Waals surface area contributed by atoms with E-state index < -0.39 is 0 Å². The predicted octanol–water partition coefficient (Wildman–Crippen LogP) is 2.85. The van der Waals surface area contributed by atoms with E-state index in [2.05, 4.69) is 18.6 Å². The summed E-state index contributed by atoms with van der Waals surface area (Å²) in [5.74, 6) is 9.39. The Labute approximate surface area is 160 Å². The maximum atomic E-state index is 11.1. The summed E-state index contributed by atoms with van der Waals surface area (Å²) in [5.41, 5.74) is 0.987. The van der Waals surface area contributed by atoms with Crippen molar-refractivity contribution < 1.29 is 19.4 Å². The van der Waals surface area contributed by atoms with Crippen LogP contribution in [0.15, 0.2) is 42.6 Å². The largest absolute Gasteiger partial charge is 0.507 e. The molecule has 2 atom stereocenters. The number of nitrogens with zero attached hydrogens (tertiary/aromatic N) is 1. The lowest BCUT2D eigenvalue weighted by atomic mass is 9.85. The lowest BCUT2D eigenvalue weighted by Crippen LogP contribution is -2.43. The highest BCUT2D eigenvalue weighted by Crippen LogP contribution is 2.30. The maximum absolute atomic E-state index is 11.1. The van der Waals surface area contributed by atoms with Crippen LogP contribution in [0.3, 0.4) is 0 Å². The number of carbonyl (C=O) groups excluding carboxylic acids is 1. The standard InChI is InChI=1S/C21H26N2O4/c1-4-6-19(23(22)15(2)3)18-14-26-11-9-16(18)10-12-27-21-8-5-7-20(25)17(21)13-24/h4-8,13,15-16,18,25H,1,9,11,14,22H2,2-3H3/b19-6-/t16-,18+/m1/s1. The first kappa shape index (κ1) is 20.6. The average molecular weight is 370 g/mol. The molecule has 0 amide bonds. The quantitative estimate of drug-likeness (QED) is 0.263. The molecule has 1 aliphatic heterocycles. The molecule has 27 heavy (non-hydrogen) atoms. The number of nitrogens with two attached hydrogens (primary N) is 1. The number of hydrogen-bond donors (Lipinski definition) is 2. The molecule has 144 valence electrons. The second-order valence-corrected chi connectivity index (χ2v) is 6.56.